The lowest BCUT2D eigenvalue weighted by Gasteiger charge is -2.34. The van der Waals surface area contributed by atoms with E-state index in [-0.39, 0.29) is 12.0 Å². The van der Waals surface area contributed by atoms with Gasteiger partial charge in [-0.1, -0.05) is 0 Å². The lowest BCUT2D eigenvalue weighted by atomic mass is 9.97. The number of esters is 1. The van der Waals surface area contributed by atoms with E-state index in [0.29, 0.717) is 17.3 Å². The Kier molecular flexibility index (Phi) is 4.08. The van der Waals surface area contributed by atoms with E-state index in [1.807, 2.05) is 27.2 Å². The van der Waals surface area contributed by atoms with Gasteiger partial charge >= 0.3 is 5.97 Å². The van der Waals surface area contributed by atoms with Crippen molar-refractivity contribution in [2.75, 3.05) is 13.7 Å². The molecule has 2 heterocycles. The Labute approximate surface area is 123 Å². The minimum absolute atomic E-state index is 0.327. The number of allylic oxidation sites excluding steroid dienone is 1. The van der Waals surface area contributed by atoms with Crippen LogP contribution in [0.3, 0.4) is 0 Å². The normalized spacial score (nSPS) is 19.1. The number of aryl methyl sites for hydroxylation is 1. The van der Waals surface area contributed by atoms with Gasteiger partial charge in [0.05, 0.1) is 24.4 Å². The Morgan fingerprint density at radius 2 is 2.25 bits per heavy atom. The molecule has 1 unspecified atom stereocenters. The Hall–Kier alpha value is -1.89. The Bertz CT molecular complexity index is 579. The molecule has 1 aliphatic heterocycles. The molecule has 0 aromatic carbocycles. The minimum Gasteiger partial charge on any atom is -0.463 e. The van der Waals surface area contributed by atoms with E-state index < -0.39 is 0 Å². The van der Waals surface area contributed by atoms with E-state index in [4.69, 9.17) is 17.0 Å². The number of hydrogen-bond acceptors (Lipinski definition) is 4. The average Bonchev–Trinajstić information content (AvgIpc) is 2.82. The number of carbonyl (C=O) groups is 1. The van der Waals surface area contributed by atoms with Crippen LogP contribution in [0.1, 0.15) is 25.5 Å². The maximum atomic E-state index is 12.2. The quantitative estimate of drug-likeness (QED) is 0.666. The molecule has 6 nitrogen and oxygen atoms in total. The van der Waals surface area contributed by atoms with Crippen molar-refractivity contribution < 1.29 is 9.53 Å². The zero-order valence-corrected chi connectivity index (χ0v) is 12.8. The number of thiocarbonyl (C=S) groups is 1. The highest BCUT2D eigenvalue weighted by Gasteiger charge is 2.33. The van der Waals surface area contributed by atoms with Gasteiger partial charge in [0.1, 0.15) is 0 Å². The summed E-state index contributed by atoms with van der Waals surface area (Å²) in [5, 5.41) is 7.88. The number of rotatable bonds is 3. The SMILES string of the molecule is CCOC(=O)C1=C(C)N(C)C(=S)NC1c1cnn(C)c1. The summed E-state index contributed by atoms with van der Waals surface area (Å²) in [5.41, 5.74) is 2.24. The van der Waals surface area contributed by atoms with Crippen LogP contribution in [-0.4, -0.2) is 39.4 Å². The summed E-state index contributed by atoms with van der Waals surface area (Å²) in [6.07, 6.45) is 3.58. The summed E-state index contributed by atoms with van der Waals surface area (Å²) in [4.78, 5) is 14.0. The van der Waals surface area contributed by atoms with Crippen molar-refractivity contribution in [3.05, 3.63) is 29.2 Å². The van der Waals surface area contributed by atoms with E-state index >= 15 is 0 Å². The minimum atomic E-state index is -0.333. The van der Waals surface area contributed by atoms with Crippen LogP contribution >= 0.6 is 12.2 Å². The van der Waals surface area contributed by atoms with Crippen LogP contribution in [0.15, 0.2) is 23.7 Å². The summed E-state index contributed by atoms with van der Waals surface area (Å²) in [7, 11) is 3.65. The van der Waals surface area contributed by atoms with E-state index in [0.717, 1.165) is 11.3 Å². The predicted octanol–water partition coefficient (Wildman–Crippen LogP) is 1.12. The van der Waals surface area contributed by atoms with Crippen molar-refractivity contribution in [3.8, 4) is 0 Å². The molecular weight excluding hydrogens is 276 g/mol. The van der Waals surface area contributed by atoms with Crippen LogP contribution < -0.4 is 5.32 Å². The molecule has 2 rings (SSSR count). The van der Waals surface area contributed by atoms with Crippen molar-refractivity contribution in [3.63, 3.8) is 0 Å². The molecule has 1 aromatic heterocycles. The van der Waals surface area contributed by atoms with E-state index in [1.165, 1.54) is 0 Å². The molecule has 1 N–H and O–H groups in total. The number of nitrogens with one attached hydrogen (secondary N) is 1. The van der Waals surface area contributed by atoms with Crippen LogP contribution in [0, 0.1) is 0 Å². The van der Waals surface area contributed by atoms with Gasteiger partial charge in [0.25, 0.3) is 0 Å². The highest BCUT2D eigenvalue weighted by Crippen LogP contribution is 2.30. The second-order valence-corrected chi connectivity index (χ2v) is 5.00. The van der Waals surface area contributed by atoms with Crippen LogP contribution in [-0.2, 0) is 16.6 Å². The molecule has 0 saturated heterocycles. The summed E-state index contributed by atoms with van der Waals surface area (Å²) in [6, 6.07) is -0.327. The first-order valence-electron chi connectivity index (χ1n) is 6.36. The molecule has 0 spiro atoms. The molecule has 0 bridgehead atoms. The van der Waals surface area contributed by atoms with Crippen molar-refractivity contribution in [1.29, 1.82) is 0 Å². The number of hydrogen-bond donors (Lipinski definition) is 1. The first-order chi connectivity index (χ1) is 9.45. The fourth-order valence-corrected chi connectivity index (χ4v) is 2.40. The number of ether oxygens (including phenoxy) is 1. The first-order valence-corrected chi connectivity index (χ1v) is 6.77. The van der Waals surface area contributed by atoms with Gasteiger partial charge in [0.15, 0.2) is 5.11 Å². The Balaban J connectivity index is 2.47. The summed E-state index contributed by atoms with van der Waals surface area (Å²) in [5.74, 6) is -0.333. The summed E-state index contributed by atoms with van der Waals surface area (Å²) in [6.45, 7) is 3.99. The van der Waals surface area contributed by atoms with Crippen LogP contribution in [0.25, 0.3) is 0 Å². The van der Waals surface area contributed by atoms with Crippen molar-refractivity contribution >= 4 is 23.3 Å². The molecule has 108 valence electrons. The van der Waals surface area contributed by atoms with Crippen molar-refractivity contribution in [1.82, 2.24) is 20.0 Å². The highest BCUT2D eigenvalue weighted by atomic mass is 32.1. The Morgan fingerprint density at radius 3 is 2.80 bits per heavy atom. The van der Waals surface area contributed by atoms with E-state index in [9.17, 15) is 4.79 Å². The van der Waals surface area contributed by atoms with Gasteiger partial charge in [0.2, 0.25) is 0 Å². The predicted molar refractivity (Wildman–Crippen MR) is 78.8 cm³/mol. The molecule has 1 aromatic rings. The van der Waals surface area contributed by atoms with Crippen molar-refractivity contribution in [2.45, 2.75) is 19.9 Å². The zero-order chi connectivity index (χ0) is 14.9. The third-order valence-corrected chi connectivity index (χ3v) is 3.70. The number of carbonyl (C=O) groups excluding carboxylic acids is 1. The maximum absolute atomic E-state index is 12.2. The largest absolute Gasteiger partial charge is 0.463 e. The van der Waals surface area contributed by atoms with Crippen LogP contribution in [0.2, 0.25) is 0 Å². The highest BCUT2D eigenvalue weighted by molar-refractivity contribution is 7.80. The van der Waals surface area contributed by atoms with Gasteiger partial charge in [-0.15, -0.1) is 0 Å². The molecule has 0 aliphatic carbocycles. The van der Waals surface area contributed by atoms with Crippen LogP contribution in [0.4, 0.5) is 0 Å². The lowest BCUT2D eigenvalue weighted by molar-refractivity contribution is -0.139. The molecule has 0 amide bonds. The Morgan fingerprint density at radius 1 is 1.55 bits per heavy atom. The second kappa shape index (κ2) is 5.62. The van der Waals surface area contributed by atoms with Gasteiger partial charge in [-0.2, -0.15) is 5.10 Å². The van der Waals surface area contributed by atoms with Crippen molar-refractivity contribution in [2.24, 2.45) is 7.05 Å². The van der Waals surface area contributed by atoms with Gasteiger partial charge in [-0.05, 0) is 26.1 Å². The van der Waals surface area contributed by atoms with Crippen LogP contribution in [0.5, 0.6) is 0 Å². The molecule has 1 aliphatic rings. The standard InChI is InChI=1S/C13H18N4O2S/c1-5-19-12(18)10-8(2)17(4)13(20)15-11(10)9-6-14-16(3)7-9/h6-7,11H,5H2,1-4H3,(H,15,20). The molecule has 0 saturated carbocycles. The summed E-state index contributed by atoms with van der Waals surface area (Å²) >= 11 is 5.29. The van der Waals surface area contributed by atoms with E-state index in [1.54, 1.807) is 22.7 Å². The smallest absolute Gasteiger partial charge is 0.338 e. The van der Waals surface area contributed by atoms with Gasteiger partial charge in [-0.25, -0.2) is 4.79 Å². The van der Waals surface area contributed by atoms with Gasteiger partial charge in [0, 0.05) is 31.6 Å². The molecule has 0 fully saturated rings. The number of nitrogens with zero attached hydrogens (tertiary/aromatic N) is 3. The molecule has 20 heavy (non-hydrogen) atoms. The third kappa shape index (κ3) is 2.53. The van der Waals surface area contributed by atoms with Gasteiger partial charge < -0.3 is 15.0 Å². The topological polar surface area (TPSA) is 59.4 Å². The van der Waals surface area contributed by atoms with Gasteiger partial charge in [-0.3, -0.25) is 4.68 Å². The molecule has 1 atom stereocenters. The molecule has 0 radical (unpaired) electrons. The maximum Gasteiger partial charge on any atom is 0.338 e. The lowest BCUT2D eigenvalue weighted by Crippen LogP contribution is -2.46. The monoisotopic (exact) mass is 294 g/mol. The van der Waals surface area contributed by atoms with E-state index in [2.05, 4.69) is 10.4 Å². The second-order valence-electron chi connectivity index (χ2n) is 4.61. The molecular formula is C13H18N4O2S. The molecule has 7 heteroatoms. The third-order valence-electron chi connectivity index (χ3n) is 3.31. The average molecular weight is 294 g/mol. The number of aromatic nitrogens is 2. The fourth-order valence-electron chi connectivity index (χ4n) is 2.15. The summed E-state index contributed by atoms with van der Waals surface area (Å²) < 4.78 is 6.85. The zero-order valence-electron chi connectivity index (χ0n) is 12.0. The first kappa shape index (κ1) is 14.5. The fraction of sp³-hybridized carbons (Fsp3) is 0.462.